The predicted octanol–water partition coefficient (Wildman–Crippen LogP) is 9.41. The zero-order chi connectivity index (χ0) is 52.2. The van der Waals surface area contributed by atoms with Gasteiger partial charge in [-0.1, -0.05) is 153 Å². The number of rotatable bonds is 19. The van der Waals surface area contributed by atoms with Gasteiger partial charge in [0.25, 0.3) is 0 Å². The molecule has 0 bridgehead atoms. The smallest absolute Gasteiger partial charge is 0.338 e. The summed E-state index contributed by atoms with van der Waals surface area (Å²) in [5.74, 6) is -3.26. The highest BCUT2D eigenvalue weighted by Gasteiger charge is 2.58. The summed E-state index contributed by atoms with van der Waals surface area (Å²) in [6, 6.07) is 52.6. The van der Waals surface area contributed by atoms with Crippen LogP contribution in [-0.2, 0) is 58.7 Å². The van der Waals surface area contributed by atoms with E-state index in [0.717, 1.165) is 17.2 Å². The van der Waals surface area contributed by atoms with E-state index in [1.165, 1.54) is 0 Å². The van der Waals surface area contributed by atoms with Crippen LogP contribution in [0.5, 0.6) is 0 Å². The first-order valence-electron chi connectivity index (χ1n) is 25.0. The molecule has 0 aliphatic carbocycles. The number of benzene rings is 6. The van der Waals surface area contributed by atoms with Gasteiger partial charge in [-0.05, 0) is 60.1 Å². The Morgan fingerprint density at radius 2 is 0.973 bits per heavy atom. The largest absolute Gasteiger partial charge is 0.459 e. The summed E-state index contributed by atoms with van der Waals surface area (Å²) in [4.78, 5) is 56.9. The van der Waals surface area contributed by atoms with Crippen LogP contribution in [0.2, 0.25) is 25.7 Å². The lowest BCUT2D eigenvalue weighted by Gasteiger charge is -2.51. The molecule has 3 aliphatic heterocycles. The Morgan fingerprint density at radius 3 is 1.51 bits per heavy atom. The number of hydrogen-bond acceptors (Lipinski definition) is 15. The summed E-state index contributed by atoms with van der Waals surface area (Å²) in [5.41, 5.74) is 2.27. The van der Waals surface area contributed by atoms with E-state index in [0.29, 0.717) is 0 Å². The Labute approximate surface area is 436 Å². The van der Waals surface area contributed by atoms with Gasteiger partial charge in [0.15, 0.2) is 37.2 Å². The number of ether oxygens (including phenoxy) is 11. The number of esters is 4. The van der Waals surface area contributed by atoms with E-state index < -0.39 is 106 Å². The summed E-state index contributed by atoms with van der Waals surface area (Å²) >= 11 is 0. The fraction of sp³-hybridized carbons (Fsp3) is 0.322. The van der Waals surface area contributed by atoms with Gasteiger partial charge in [-0.3, -0.25) is 0 Å². The molecule has 3 aliphatic rings. The molecule has 6 aromatic carbocycles. The van der Waals surface area contributed by atoms with Crippen LogP contribution in [0.4, 0.5) is 0 Å². The predicted molar refractivity (Wildman–Crippen MR) is 275 cm³/mol. The van der Waals surface area contributed by atoms with Crippen molar-refractivity contribution in [3.05, 3.63) is 215 Å². The van der Waals surface area contributed by atoms with E-state index in [2.05, 4.69) is 19.6 Å². The molecule has 0 unspecified atom stereocenters. The minimum atomic E-state index is -1.71. The van der Waals surface area contributed by atoms with Crippen LogP contribution in [0, 0.1) is 0 Å². The first-order chi connectivity index (χ1) is 36.5. The quantitative estimate of drug-likeness (QED) is 0.0427. The Bertz CT molecular complexity index is 2770. The van der Waals surface area contributed by atoms with Crippen LogP contribution in [0.1, 0.15) is 58.8 Å². The minimum absolute atomic E-state index is 0.0985. The van der Waals surface area contributed by atoms with Gasteiger partial charge in [0.2, 0.25) is 0 Å². The standard InChI is InChI=1S/C59H60O15Si/c1-75(2,3)35-34-64-58-51(49(65-36-39-22-10-4-11-23-39)47-46(68-58)38-67-57(73-47)44-32-20-9-21-33-44)74-59-52(72-56(63)43-30-18-8-19-31-43)50(71-55(62)42-28-16-7-17-29-42)48(70-54(61)41-26-14-6-15-27-41)45(69-59)37-66-53(60)40-24-12-5-13-25-40/h4-33,45-52,57-59H,34-38H2,1-3H3/t45-,46-,47+,48-,49+,50+,51-,52-,57+,58-,59+/m1/s1. The molecule has 75 heavy (non-hydrogen) atoms. The van der Waals surface area contributed by atoms with Gasteiger partial charge in [-0.25, -0.2) is 19.2 Å². The van der Waals surface area contributed by atoms with Crippen molar-refractivity contribution in [2.24, 2.45) is 0 Å². The first kappa shape index (κ1) is 53.0. The molecule has 3 heterocycles. The van der Waals surface area contributed by atoms with E-state index >= 15 is 0 Å². The highest BCUT2D eigenvalue weighted by Crippen LogP contribution is 2.40. The highest BCUT2D eigenvalue weighted by atomic mass is 28.3. The average molecular weight is 1040 g/mol. The number of hydrogen-bond donors (Lipinski definition) is 0. The van der Waals surface area contributed by atoms with E-state index in [1.807, 2.05) is 60.7 Å². The van der Waals surface area contributed by atoms with Gasteiger partial charge in [0, 0.05) is 20.2 Å². The molecule has 0 aromatic heterocycles. The summed E-state index contributed by atoms with van der Waals surface area (Å²) in [6.07, 6.45) is -13.9. The van der Waals surface area contributed by atoms with Crippen molar-refractivity contribution >= 4 is 32.0 Å². The number of carbonyl (C=O) groups excluding carboxylic acids is 4. The highest BCUT2D eigenvalue weighted by molar-refractivity contribution is 6.76. The van der Waals surface area contributed by atoms with E-state index in [1.54, 1.807) is 121 Å². The normalized spacial score (nSPS) is 25.5. The third-order valence-electron chi connectivity index (χ3n) is 12.8. The van der Waals surface area contributed by atoms with Crippen molar-refractivity contribution in [2.75, 3.05) is 19.8 Å². The Morgan fingerprint density at radius 1 is 0.493 bits per heavy atom. The molecule has 15 nitrogen and oxygen atoms in total. The molecule has 16 heteroatoms. The zero-order valence-corrected chi connectivity index (χ0v) is 42.8. The number of fused-ring (bicyclic) bond motifs is 1. The Balaban J connectivity index is 1.16. The van der Waals surface area contributed by atoms with Gasteiger partial charge in [-0.15, -0.1) is 0 Å². The van der Waals surface area contributed by atoms with Gasteiger partial charge >= 0.3 is 23.9 Å². The Hall–Kier alpha value is -6.86. The third kappa shape index (κ3) is 13.9. The molecule has 11 atom stereocenters. The van der Waals surface area contributed by atoms with E-state index in [4.69, 9.17) is 52.1 Å². The van der Waals surface area contributed by atoms with Crippen molar-refractivity contribution in [3.63, 3.8) is 0 Å². The van der Waals surface area contributed by atoms with Gasteiger partial charge in [0.05, 0.1) is 35.5 Å². The summed E-state index contributed by atoms with van der Waals surface area (Å²) < 4.78 is 72.6. The lowest BCUT2D eigenvalue weighted by molar-refractivity contribution is -0.396. The van der Waals surface area contributed by atoms with Crippen molar-refractivity contribution in [3.8, 4) is 0 Å². The monoisotopic (exact) mass is 1040 g/mol. The maximum absolute atomic E-state index is 14.5. The van der Waals surface area contributed by atoms with Gasteiger partial charge in [-0.2, -0.15) is 0 Å². The molecule has 0 N–H and O–H groups in total. The van der Waals surface area contributed by atoms with Crippen molar-refractivity contribution in [2.45, 2.75) is 100.0 Å². The second-order valence-electron chi connectivity index (χ2n) is 19.5. The molecule has 3 fully saturated rings. The average Bonchev–Trinajstić information content (AvgIpc) is 3.45. The molecule has 9 rings (SSSR count). The lowest BCUT2D eigenvalue weighted by Crippen LogP contribution is -2.67. The molecule has 3 saturated heterocycles. The molecular weight excluding hydrogens is 977 g/mol. The van der Waals surface area contributed by atoms with Gasteiger partial charge < -0.3 is 52.1 Å². The molecule has 0 saturated carbocycles. The molecule has 6 aromatic rings. The van der Waals surface area contributed by atoms with E-state index in [9.17, 15) is 19.2 Å². The van der Waals surface area contributed by atoms with Crippen LogP contribution in [-0.4, -0.2) is 113 Å². The second kappa shape index (κ2) is 25.1. The van der Waals surface area contributed by atoms with Crippen LogP contribution < -0.4 is 0 Å². The van der Waals surface area contributed by atoms with Crippen LogP contribution in [0.15, 0.2) is 182 Å². The zero-order valence-electron chi connectivity index (χ0n) is 41.8. The Kier molecular flexibility index (Phi) is 17.7. The summed E-state index contributed by atoms with van der Waals surface area (Å²) in [5, 5.41) is 0. The third-order valence-corrected chi connectivity index (χ3v) is 14.5. The van der Waals surface area contributed by atoms with Crippen molar-refractivity contribution in [1.29, 1.82) is 0 Å². The molecular formula is C59H60O15Si. The fourth-order valence-corrected chi connectivity index (χ4v) is 9.56. The first-order valence-corrected chi connectivity index (χ1v) is 28.7. The summed E-state index contributed by atoms with van der Waals surface area (Å²) in [6.45, 7) is 6.60. The molecule has 0 radical (unpaired) electrons. The molecule has 390 valence electrons. The maximum atomic E-state index is 14.5. The van der Waals surface area contributed by atoms with Crippen LogP contribution in [0.3, 0.4) is 0 Å². The lowest BCUT2D eigenvalue weighted by atomic mass is 9.95. The molecule has 0 amide bonds. The number of carbonyl (C=O) groups is 4. The minimum Gasteiger partial charge on any atom is -0.459 e. The second-order valence-corrected chi connectivity index (χ2v) is 25.1. The van der Waals surface area contributed by atoms with Gasteiger partial charge in [0.1, 0.15) is 37.1 Å². The summed E-state index contributed by atoms with van der Waals surface area (Å²) in [7, 11) is -1.69. The maximum Gasteiger partial charge on any atom is 0.338 e. The van der Waals surface area contributed by atoms with E-state index in [-0.39, 0.29) is 42.1 Å². The van der Waals surface area contributed by atoms with Crippen molar-refractivity contribution < 1.29 is 71.3 Å². The van der Waals surface area contributed by atoms with Crippen LogP contribution in [0.25, 0.3) is 0 Å². The molecule has 0 spiro atoms. The topological polar surface area (TPSA) is 170 Å². The van der Waals surface area contributed by atoms with Crippen LogP contribution >= 0.6 is 0 Å². The fourth-order valence-electron chi connectivity index (χ4n) is 8.83. The SMILES string of the molecule is C[Si](C)(C)CCO[C@@H]1O[C@@H]2CO[C@H](c3ccccc3)O[C@@H]2[C@H](OCc2ccccc2)[C@H]1O[C@@H]1O[C@H](COC(=O)c2ccccc2)[C@@H](OC(=O)c2ccccc2)[C@H](OC(=O)c2ccccc2)[C@H]1OC(=O)c1ccccc1. The van der Waals surface area contributed by atoms with Crippen molar-refractivity contribution in [1.82, 2.24) is 0 Å².